The van der Waals surface area contributed by atoms with Crippen LogP contribution in [0.3, 0.4) is 0 Å². The summed E-state index contributed by atoms with van der Waals surface area (Å²) in [7, 11) is 0. The molecular weight excluding hydrogens is 326 g/mol. The van der Waals surface area contributed by atoms with Crippen molar-refractivity contribution < 1.29 is 4.79 Å². The van der Waals surface area contributed by atoms with E-state index >= 15 is 0 Å². The highest BCUT2D eigenvalue weighted by molar-refractivity contribution is 6.49. The Labute approximate surface area is 151 Å². The van der Waals surface area contributed by atoms with Crippen molar-refractivity contribution in [3.63, 3.8) is 0 Å². The zero-order chi connectivity index (χ0) is 17.5. The molecule has 1 aromatic heterocycles. The molecule has 6 nitrogen and oxygen atoms in total. The van der Waals surface area contributed by atoms with Crippen LogP contribution >= 0.6 is 0 Å². The van der Waals surface area contributed by atoms with Crippen LogP contribution in [-0.4, -0.2) is 34.1 Å². The lowest BCUT2D eigenvalue weighted by atomic mass is 10.0. The third-order valence-electron chi connectivity index (χ3n) is 5.30. The number of pyridine rings is 1. The molecule has 1 saturated carbocycles. The van der Waals surface area contributed by atoms with Gasteiger partial charge in [0.1, 0.15) is 0 Å². The second-order valence-electron chi connectivity index (χ2n) is 6.93. The molecule has 1 radical (unpaired) electrons. The zero-order valence-corrected chi connectivity index (χ0v) is 14.3. The van der Waals surface area contributed by atoms with Crippen LogP contribution in [0.15, 0.2) is 52.7 Å². The molecule has 1 fully saturated rings. The van der Waals surface area contributed by atoms with Gasteiger partial charge in [-0.1, -0.05) is 31.0 Å². The molecule has 1 aliphatic carbocycles. The van der Waals surface area contributed by atoms with Crippen molar-refractivity contribution in [2.24, 2.45) is 15.9 Å². The van der Waals surface area contributed by atoms with Crippen LogP contribution in [0.4, 0.5) is 4.79 Å². The summed E-state index contributed by atoms with van der Waals surface area (Å²) in [5, 5.41) is 5.00. The van der Waals surface area contributed by atoms with E-state index in [-0.39, 0.29) is 0 Å². The quantitative estimate of drug-likeness (QED) is 0.854. The molecule has 0 spiro atoms. The molecule has 2 aliphatic heterocycles. The van der Waals surface area contributed by atoms with Crippen LogP contribution in [0.1, 0.15) is 31.2 Å². The van der Waals surface area contributed by atoms with Gasteiger partial charge in [0.05, 0.1) is 17.4 Å². The molecule has 2 aromatic rings. The predicted molar refractivity (Wildman–Crippen MR) is 101 cm³/mol. The van der Waals surface area contributed by atoms with E-state index in [2.05, 4.69) is 37.3 Å². The average molecular weight is 344 g/mol. The fourth-order valence-corrected chi connectivity index (χ4v) is 4.06. The average Bonchev–Trinajstić information content (AvgIpc) is 3.30. The number of urea groups is 1. The molecule has 129 valence electrons. The molecule has 0 N–H and O–H groups in total. The second kappa shape index (κ2) is 6.05. The molecule has 3 heterocycles. The molecule has 6 heteroatoms. The molecule has 0 atom stereocenters. The minimum absolute atomic E-state index is 0.426. The van der Waals surface area contributed by atoms with Crippen LogP contribution in [0.5, 0.6) is 0 Å². The number of carbonyl (C=O) groups is 1. The summed E-state index contributed by atoms with van der Waals surface area (Å²) in [6.45, 7) is 0.836. The van der Waals surface area contributed by atoms with Crippen molar-refractivity contribution in [1.82, 2.24) is 15.2 Å². The molecule has 5 rings (SSSR count). The van der Waals surface area contributed by atoms with Crippen molar-refractivity contribution in [2.75, 3.05) is 6.54 Å². The zero-order valence-electron chi connectivity index (χ0n) is 14.3. The van der Waals surface area contributed by atoms with Gasteiger partial charge in [0, 0.05) is 23.7 Å². The standard InChI is InChI=1S/C20H18N5O/c26-20-23-18-19(24-20)25(12-13-5-1-2-6-13)17(11-22-18)15-7-3-9-16-14(15)8-4-10-21-16/h3-4,7-11,13H,1-2,5-6,12H2. The van der Waals surface area contributed by atoms with E-state index in [0.717, 1.165) is 28.7 Å². The Bertz CT molecular complexity index is 979. The molecule has 26 heavy (non-hydrogen) atoms. The van der Waals surface area contributed by atoms with Crippen LogP contribution < -0.4 is 5.32 Å². The molecular formula is C20H18N5O. The highest BCUT2D eigenvalue weighted by atomic mass is 16.2. The van der Waals surface area contributed by atoms with Crippen molar-refractivity contribution in [3.05, 3.63) is 48.3 Å². The summed E-state index contributed by atoms with van der Waals surface area (Å²) < 4.78 is 0. The van der Waals surface area contributed by atoms with E-state index in [1.807, 2.05) is 24.4 Å². The third kappa shape index (κ3) is 2.49. The van der Waals surface area contributed by atoms with E-state index in [0.29, 0.717) is 17.6 Å². The summed E-state index contributed by atoms with van der Waals surface area (Å²) in [5.74, 6) is 1.61. The summed E-state index contributed by atoms with van der Waals surface area (Å²) in [6.07, 6.45) is 8.58. The number of benzene rings is 1. The first-order valence-corrected chi connectivity index (χ1v) is 9.04. The number of carbonyl (C=O) groups excluding carboxylic acids is 1. The van der Waals surface area contributed by atoms with E-state index in [1.54, 1.807) is 6.20 Å². The lowest BCUT2D eigenvalue weighted by Crippen LogP contribution is -2.40. The smallest absolute Gasteiger partial charge is 0.321 e. The maximum absolute atomic E-state index is 11.8. The lowest BCUT2D eigenvalue weighted by Gasteiger charge is -2.31. The van der Waals surface area contributed by atoms with Crippen molar-refractivity contribution >= 4 is 34.3 Å². The first-order chi connectivity index (χ1) is 12.8. The Morgan fingerprint density at radius 3 is 2.88 bits per heavy atom. The van der Waals surface area contributed by atoms with Gasteiger partial charge in [-0.05, 0) is 30.9 Å². The summed E-state index contributed by atoms with van der Waals surface area (Å²) in [6, 6.07) is 9.62. The molecule has 1 aromatic carbocycles. The Balaban J connectivity index is 1.63. The van der Waals surface area contributed by atoms with Crippen LogP contribution in [0, 0.1) is 5.92 Å². The number of rotatable bonds is 3. The van der Waals surface area contributed by atoms with E-state index in [4.69, 9.17) is 0 Å². The van der Waals surface area contributed by atoms with E-state index in [1.165, 1.54) is 25.7 Å². The number of nitrogens with zero attached hydrogens (tertiary/aromatic N) is 5. The maximum atomic E-state index is 11.8. The van der Waals surface area contributed by atoms with Crippen LogP contribution in [-0.2, 0) is 0 Å². The topological polar surface area (TPSA) is 72.0 Å². The minimum Gasteiger partial charge on any atom is -0.321 e. The highest BCUT2D eigenvalue weighted by Crippen LogP contribution is 2.33. The summed E-state index contributed by atoms with van der Waals surface area (Å²) >= 11 is 0. The fraction of sp³-hybridized carbons (Fsp3) is 0.300. The van der Waals surface area contributed by atoms with Gasteiger partial charge in [0.15, 0.2) is 5.84 Å². The maximum Gasteiger partial charge on any atom is 0.371 e. The molecule has 2 amide bonds. The van der Waals surface area contributed by atoms with Gasteiger partial charge in [-0.3, -0.25) is 4.98 Å². The van der Waals surface area contributed by atoms with Gasteiger partial charge >= 0.3 is 6.03 Å². The van der Waals surface area contributed by atoms with Crippen molar-refractivity contribution in [2.45, 2.75) is 25.7 Å². The van der Waals surface area contributed by atoms with Crippen LogP contribution in [0.2, 0.25) is 0 Å². The van der Waals surface area contributed by atoms with Gasteiger partial charge in [-0.25, -0.2) is 9.79 Å². The summed E-state index contributed by atoms with van der Waals surface area (Å²) in [5.41, 5.74) is 2.96. The largest absolute Gasteiger partial charge is 0.371 e. The molecule has 0 unspecified atom stereocenters. The number of amides is 2. The number of fused-ring (bicyclic) bond motifs is 2. The minimum atomic E-state index is -0.468. The SMILES string of the molecule is O=C1[N]C2=NC=C(c3cccc4ncccc34)N(CC3CCCC3)C2=N1. The monoisotopic (exact) mass is 344 g/mol. The highest BCUT2D eigenvalue weighted by Gasteiger charge is 2.35. The number of aromatic nitrogens is 1. The first kappa shape index (κ1) is 15.3. The molecule has 3 aliphatic rings. The summed E-state index contributed by atoms with van der Waals surface area (Å²) in [4.78, 5) is 26.9. The number of hydrogen-bond donors (Lipinski definition) is 0. The van der Waals surface area contributed by atoms with Gasteiger partial charge in [-0.2, -0.15) is 10.3 Å². The third-order valence-corrected chi connectivity index (χ3v) is 5.30. The van der Waals surface area contributed by atoms with E-state index < -0.39 is 6.03 Å². The Hall–Kier alpha value is -3.02. The molecule has 0 saturated heterocycles. The first-order valence-electron chi connectivity index (χ1n) is 9.04. The normalized spacial score (nSPS) is 19.9. The Kier molecular flexibility index (Phi) is 3.55. The molecule has 0 bridgehead atoms. The predicted octanol–water partition coefficient (Wildman–Crippen LogP) is 3.57. The van der Waals surface area contributed by atoms with Crippen molar-refractivity contribution in [1.29, 1.82) is 0 Å². The van der Waals surface area contributed by atoms with Gasteiger partial charge < -0.3 is 4.90 Å². The van der Waals surface area contributed by atoms with E-state index in [9.17, 15) is 4.79 Å². The lowest BCUT2D eigenvalue weighted by molar-refractivity contribution is 0.253. The Morgan fingerprint density at radius 1 is 1.12 bits per heavy atom. The Morgan fingerprint density at radius 2 is 2.00 bits per heavy atom. The number of aliphatic imine (C=N–C) groups is 2. The van der Waals surface area contributed by atoms with Crippen molar-refractivity contribution in [3.8, 4) is 0 Å². The van der Waals surface area contributed by atoms with Gasteiger partial charge in [-0.15, -0.1) is 0 Å². The number of amidine groups is 2. The fourth-order valence-electron chi connectivity index (χ4n) is 4.06. The number of hydrogen-bond acceptors (Lipinski definition) is 4. The van der Waals surface area contributed by atoms with Gasteiger partial charge in [0.25, 0.3) is 0 Å². The van der Waals surface area contributed by atoms with Crippen LogP contribution in [0.25, 0.3) is 16.6 Å². The second-order valence-corrected chi connectivity index (χ2v) is 6.93. The van der Waals surface area contributed by atoms with Gasteiger partial charge in [0.2, 0.25) is 5.84 Å².